The summed E-state index contributed by atoms with van der Waals surface area (Å²) in [7, 11) is 1.70. The number of ether oxygens (including phenoxy) is 2. The number of carbonyl (C=O) groups excluding carboxylic acids is 1. The molecule has 1 amide bonds. The van der Waals surface area contributed by atoms with Crippen LogP contribution in [0.2, 0.25) is 0 Å². The summed E-state index contributed by atoms with van der Waals surface area (Å²) in [5, 5.41) is 4.24. The number of methoxy groups -OCH3 is 1. The summed E-state index contributed by atoms with van der Waals surface area (Å²) in [5.41, 5.74) is 8.88. The van der Waals surface area contributed by atoms with Crippen LogP contribution >= 0.6 is 0 Å². The first-order valence-electron chi connectivity index (χ1n) is 13.5. The normalized spacial score (nSPS) is 19.9. The number of benzene rings is 3. The highest BCUT2D eigenvalue weighted by Crippen LogP contribution is 2.50. The highest BCUT2D eigenvalue weighted by molar-refractivity contribution is 5.94. The van der Waals surface area contributed by atoms with Crippen LogP contribution < -0.4 is 20.0 Å². The van der Waals surface area contributed by atoms with E-state index < -0.39 is 0 Å². The van der Waals surface area contributed by atoms with Gasteiger partial charge in [0.05, 0.1) is 20.3 Å². The Bertz CT molecular complexity index is 1350. The zero-order valence-corrected chi connectivity index (χ0v) is 22.9. The molecule has 1 N–H and O–H groups in total. The van der Waals surface area contributed by atoms with Crippen LogP contribution in [0.5, 0.6) is 5.75 Å². The quantitative estimate of drug-likeness (QED) is 0.325. The van der Waals surface area contributed by atoms with Crippen molar-refractivity contribution in [3.05, 3.63) is 101 Å². The van der Waals surface area contributed by atoms with E-state index in [0.717, 1.165) is 50.7 Å². The number of anilines is 2. The van der Waals surface area contributed by atoms with Crippen molar-refractivity contribution in [3.8, 4) is 5.75 Å². The number of amides is 1. The lowest BCUT2D eigenvalue weighted by molar-refractivity contribution is 0.0955. The highest BCUT2D eigenvalue weighted by atomic mass is 16.5. The van der Waals surface area contributed by atoms with Crippen molar-refractivity contribution < 1.29 is 14.3 Å². The predicted molar refractivity (Wildman–Crippen MR) is 157 cm³/mol. The predicted octanol–water partition coefficient (Wildman–Crippen LogP) is 5.17. The van der Waals surface area contributed by atoms with Crippen LogP contribution in [-0.2, 0) is 16.6 Å². The minimum atomic E-state index is -0.324. The number of fused-ring (bicyclic) bond motifs is 1. The molecule has 7 nitrogen and oxygen atoms in total. The SMILES string of the molecule is CCN1/C(=C\C=N\NC(=O)c2ccccc2)C(C)(Cc2ccc(N3CCOCC3)cc2)c2cc(OC)ccc21. The number of nitrogens with zero attached hydrogens (tertiary/aromatic N) is 3. The lowest BCUT2D eigenvalue weighted by atomic mass is 9.76. The molecule has 0 aromatic heterocycles. The first-order valence-corrected chi connectivity index (χ1v) is 13.5. The number of hydrogen-bond acceptors (Lipinski definition) is 6. The Hall–Kier alpha value is -4.10. The van der Waals surface area contributed by atoms with Gasteiger partial charge in [-0.3, -0.25) is 4.79 Å². The molecule has 0 bridgehead atoms. The van der Waals surface area contributed by atoms with Gasteiger partial charge < -0.3 is 19.3 Å². The average Bonchev–Trinajstić information content (AvgIpc) is 3.22. The minimum Gasteiger partial charge on any atom is -0.497 e. The smallest absolute Gasteiger partial charge is 0.271 e. The number of rotatable bonds is 8. The maximum absolute atomic E-state index is 12.4. The molecule has 3 aromatic carbocycles. The topological polar surface area (TPSA) is 66.4 Å². The lowest BCUT2D eigenvalue weighted by Gasteiger charge is -2.31. The third kappa shape index (κ3) is 5.54. The Morgan fingerprint density at radius 3 is 2.51 bits per heavy atom. The van der Waals surface area contributed by atoms with E-state index >= 15 is 0 Å². The van der Waals surface area contributed by atoms with E-state index in [4.69, 9.17) is 9.47 Å². The second kappa shape index (κ2) is 11.7. The molecule has 1 unspecified atom stereocenters. The molecular formula is C32H36N4O3. The molecule has 1 saturated heterocycles. The van der Waals surface area contributed by atoms with Crippen LogP contribution in [0.25, 0.3) is 0 Å². The molecule has 3 aromatic rings. The van der Waals surface area contributed by atoms with E-state index in [1.807, 2.05) is 30.3 Å². The highest BCUT2D eigenvalue weighted by Gasteiger charge is 2.43. The molecule has 2 aliphatic rings. The molecular weight excluding hydrogens is 488 g/mol. The van der Waals surface area contributed by atoms with Gasteiger partial charge in [-0.05, 0) is 79.9 Å². The van der Waals surface area contributed by atoms with Crippen molar-refractivity contribution in [2.75, 3.05) is 49.8 Å². The summed E-state index contributed by atoms with van der Waals surface area (Å²) in [6.45, 7) is 8.62. The van der Waals surface area contributed by atoms with E-state index in [9.17, 15) is 4.79 Å². The van der Waals surface area contributed by atoms with Gasteiger partial charge in [-0.1, -0.05) is 30.3 Å². The van der Waals surface area contributed by atoms with E-state index in [-0.39, 0.29) is 11.3 Å². The van der Waals surface area contributed by atoms with Crippen LogP contribution in [0.4, 0.5) is 11.4 Å². The van der Waals surface area contributed by atoms with Crippen molar-refractivity contribution >= 4 is 23.5 Å². The minimum absolute atomic E-state index is 0.236. The monoisotopic (exact) mass is 524 g/mol. The molecule has 1 fully saturated rings. The van der Waals surface area contributed by atoms with Crippen LogP contribution in [0, 0.1) is 0 Å². The summed E-state index contributed by atoms with van der Waals surface area (Å²) in [6, 6.07) is 24.3. The lowest BCUT2D eigenvalue weighted by Crippen LogP contribution is -2.36. The third-order valence-electron chi connectivity index (χ3n) is 7.64. The van der Waals surface area contributed by atoms with Crippen LogP contribution in [-0.4, -0.2) is 52.1 Å². The number of allylic oxidation sites excluding steroid dienone is 2. The molecule has 2 heterocycles. The van der Waals surface area contributed by atoms with Crippen LogP contribution in [0.15, 0.2) is 89.7 Å². The van der Waals surface area contributed by atoms with Crippen molar-refractivity contribution in [2.45, 2.75) is 25.7 Å². The summed E-state index contributed by atoms with van der Waals surface area (Å²) in [4.78, 5) is 17.1. The molecule has 202 valence electrons. The molecule has 2 aliphatic heterocycles. The van der Waals surface area contributed by atoms with Gasteiger partial charge in [0.15, 0.2) is 0 Å². The van der Waals surface area contributed by atoms with E-state index in [0.29, 0.717) is 5.56 Å². The standard InChI is InChI=1S/C32H36N4O3/c1-4-36-29-15-14-27(38-3)22-28(29)32(2,23-24-10-12-26(13-11-24)35-18-20-39-21-19-35)30(36)16-17-33-34-31(37)25-8-6-5-7-9-25/h5-17,22H,4,18-21,23H2,1-3H3,(H,34,37)/b30-16-,33-17+. The zero-order valence-electron chi connectivity index (χ0n) is 22.9. The van der Waals surface area contributed by atoms with Crippen LogP contribution in [0.1, 0.15) is 35.3 Å². The summed E-state index contributed by atoms with van der Waals surface area (Å²) in [5.74, 6) is 0.601. The van der Waals surface area contributed by atoms with Crippen molar-refractivity contribution in [1.29, 1.82) is 0 Å². The Morgan fingerprint density at radius 1 is 1.08 bits per heavy atom. The van der Waals surface area contributed by atoms with Crippen molar-refractivity contribution in [1.82, 2.24) is 5.43 Å². The van der Waals surface area contributed by atoms with Crippen LogP contribution in [0.3, 0.4) is 0 Å². The number of likely N-dealkylation sites (N-methyl/N-ethyl adjacent to an activating group) is 1. The van der Waals surface area contributed by atoms with Crippen molar-refractivity contribution in [2.24, 2.45) is 5.10 Å². The number of carbonyl (C=O) groups is 1. The second-order valence-electron chi connectivity index (χ2n) is 10.0. The van der Waals surface area contributed by atoms with Gasteiger partial charge in [0.2, 0.25) is 0 Å². The molecule has 0 radical (unpaired) electrons. The third-order valence-corrected chi connectivity index (χ3v) is 7.64. The van der Waals surface area contributed by atoms with Gasteiger partial charge >= 0.3 is 0 Å². The fraction of sp³-hybridized carbons (Fsp3) is 0.312. The van der Waals surface area contributed by atoms with E-state index in [1.54, 1.807) is 25.5 Å². The summed E-state index contributed by atoms with van der Waals surface area (Å²) < 4.78 is 11.1. The fourth-order valence-electron chi connectivity index (χ4n) is 5.60. The maximum atomic E-state index is 12.4. The molecule has 0 spiro atoms. The summed E-state index contributed by atoms with van der Waals surface area (Å²) in [6.07, 6.45) is 4.51. The van der Waals surface area contributed by atoms with Crippen molar-refractivity contribution in [3.63, 3.8) is 0 Å². The van der Waals surface area contributed by atoms with Gasteiger partial charge in [-0.25, -0.2) is 5.43 Å². The largest absolute Gasteiger partial charge is 0.497 e. The van der Waals surface area contributed by atoms with Gasteiger partial charge in [-0.15, -0.1) is 0 Å². The van der Waals surface area contributed by atoms with Gasteiger partial charge in [0.1, 0.15) is 5.75 Å². The fourth-order valence-corrected chi connectivity index (χ4v) is 5.60. The van der Waals surface area contributed by atoms with Gasteiger partial charge in [0.25, 0.3) is 5.91 Å². The molecule has 0 aliphatic carbocycles. The number of hydrogen-bond donors (Lipinski definition) is 1. The Morgan fingerprint density at radius 2 is 1.82 bits per heavy atom. The molecule has 7 heteroatoms. The first kappa shape index (κ1) is 26.5. The average molecular weight is 525 g/mol. The molecule has 39 heavy (non-hydrogen) atoms. The number of nitrogens with one attached hydrogen (secondary N) is 1. The maximum Gasteiger partial charge on any atom is 0.271 e. The zero-order chi connectivity index (χ0) is 27.2. The molecule has 5 rings (SSSR count). The molecule has 0 saturated carbocycles. The first-order chi connectivity index (χ1) is 19.0. The Kier molecular flexibility index (Phi) is 7.98. The number of morpholine rings is 1. The van der Waals surface area contributed by atoms with Gasteiger partial charge in [0, 0.05) is 53.9 Å². The summed E-state index contributed by atoms with van der Waals surface area (Å²) >= 11 is 0. The van der Waals surface area contributed by atoms with Gasteiger partial charge in [-0.2, -0.15) is 5.10 Å². The number of hydrazone groups is 1. The van der Waals surface area contributed by atoms with E-state index in [1.165, 1.54) is 22.5 Å². The Labute approximate surface area is 230 Å². The Balaban J connectivity index is 1.44. The van der Waals surface area contributed by atoms with E-state index in [2.05, 4.69) is 70.6 Å². The molecule has 1 atom stereocenters. The second-order valence-corrected chi connectivity index (χ2v) is 10.0.